The summed E-state index contributed by atoms with van der Waals surface area (Å²) in [5, 5.41) is 3.89. The molecule has 3 heterocycles. The van der Waals surface area contributed by atoms with Gasteiger partial charge in [-0.3, -0.25) is 0 Å². The number of nitrogens with two attached hydrogens (primary N) is 1. The van der Waals surface area contributed by atoms with Gasteiger partial charge in [0.05, 0.1) is 35.5 Å². The molecule has 2 aliphatic heterocycles. The lowest BCUT2D eigenvalue weighted by molar-refractivity contribution is 0.146. The highest BCUT2D eigenvalue weighted by Gasteiger charge is 2.33. The number of fused-ring (bicyclic) bond motifs is 4. The summed E-state index contributed by atoms with van der Waals surface area (Å²) in [6, 6.07) is 6.75. The van der Waals surface area contributed by atoms with E-state index < -0.39 is 29.9 Å². The van der Waals surface area contributed by atoms with E-state index >= 15 is 0 Å². The molecule has 3 N–H and O–H groups in total. The summed E-state index contributed by atoms with van der Waals surface area (Å²) in [6.45, 7) is 5.52. The number of nitrogens with zero attached hydrogens (tertiary/aromatic N) is 4. The van der Waals surface area contributed by atoms with Crippen LogP contribution in [0.3, 0.4) is 0 Å². The normalized spacial score (nSPS) is 18.3. The van der Waals surface area contributed by atoms with Gasteiger partial charge in [0.25, 0.3) is 6.43 Å². The van der Waals surface area contributed by atoms with Crippen molar-refractivity contribution in [3.63, 3.8) is 0 Å². The van der Waals surface area contributed by atoms with Gasteiger partial charge in [-0.25, -0.2) is 27.9 Å². The van der Waals surface area contributed by atoms with Gasteiger partial charge >= 0.3 is 6.03 Å². The summed E-state index contributed by atoms with van der Waals surface area (Å²) in [5.74, 6) is 0.719. The number of carbonyl (C=O) groups is 1. The second-order valence-corrected chi connectivity index (χ2v) is 9.14. The van der Waals surface area contributed by atoms with Crippen LogP contribution >= 0.6 is 0 Å². The van der Waals surface area contributed by atoms with Gasteiger partial charge < -0.3 is 25.6 Å². The quantitative estimate of drug-likeness (QED) is 0.546. The Morgan fingerprint density at radius 3 is 2.75 bits per heavy atom. The van der Waals surface area contributed by atoms with Gasteiger partial charge in [0.1, 0.15) is 23.2 Å². The summed E-state index contributed by atoms with van der Waals surface area (Å²) in [4.78, 5) is 24.7. The molecule has 2 aromatic carbocycles. The predicted octanol–water partition coefficient (Wildman–Crippen LogP) is 4.54. The van der Waals surface area contributed by atoms with Gasteiger partial charge in [-0.2, -0.15) is 0 Å². The average molecular weight is 501 g/mol. The van der Waals surface area contributed by atoms with E-state index in [0.29, 0.717) is 54.5 Å². The number of aromatic nitrogens is 2. The first-order valence-corrected chi connectivity index (χ1v) is 11.8. The summed E-state index contributed by atoms with van der Waals surface area (Å²) in [5.41, 5.74) is 6.49. The number of rotatable bonds is 4. The van der Waals surface area contributed by atoms with Crippen LogP contribution in [0.25, 0.3) is 10.9 Å². The molecule has 0 saturated carbocycles. The van der Waals surface area contributed by atoms with Crippen LogP contribution in [0.1, 0.15) is 42.8 Å². The Hall–Kier alpha value is -3.76. The molecular formula is C25H27F3N6O2. The molecule has 1 aromatic heterocycles. The molecule has 0 aliphatic carbocycles. The fourth-order valence-electron chi connectivity index (χ4n) is 4.99. The zero-order valence-corrected chi connectivity index (χ0v) is 20.0. The number of benzene rings is 2. The minimum Gasteiger partial charge on any atom is -0.491 e. The van der Waals surface area contributed by atoms with Crippen LogP contribution in [0.4, 0.5) is 29.5 Å². The smallest absolute Gasteiger partial charge is 0.314 e. The van der Waals surface area contributed by atoms with Crippen LogP contribution in [-0.2, 0) is 0 Å². The molecule has 11 heteroatoms. The minimum absolute atomic E-state index is 0.0397. The Balaban J connectivity index is 1.53. The molecule has 1 fully saturated rings. The van der Waals surface area contributed by atoms with Gasteiger partial charge in [-0.15, -0.1) is 0 Å². The SMILES string of the molecule is Cc1nc(N[C@H](C)c2cccc(C(F)F)c2F)c2cc3c(cc2n1)OCC[C@H]1CN(C(N)=O)CCN31. The highest BCUT2D eigenvalue weighted by molar-refractivity contribution is 5.94. The van der Waals surface area contributed by atoms with E-state index in [4.69, 9.17) is 10.5 Å². The third-order valence-electron chi connectivity index (χ3n) is 6.81. The molecule has 2 amide bonds. The second-order valence-electron chi connectivity index (χ2n) is 9.14. The number of alkyl halides is 2. The van der Waals surface area contributed by atoms with Crippen molar-refractivity contribution in [3.05, 3.63) is 53.1 Å². The van der Waals surface area contributed by atoms with Crippen LogP contribution < -0.4 is 20.7 Å². The van der Waals surface area contributed by atoms with Crippen molar-refractivity contribution in [2.24, 2.45) is 5.73 Å². The maximum absolute atomic E-state index is 14.8. The van der Waals surface area contributed by atoms with E-state index in [1.807, 2.05) is 12.1 Å². The van der Waals surface area contributed by atoms with Gasteiger partial charge in [-0.1, -0.05) is 18.2 Å². The number of hydrogen-bond acceptors (Lipinski definition) is 6. The average Bonchev–Trinajstić information content (AvgIpc) is 3.01. The molecule has 0 unspecified atom stereocenters. The van der Waals surface area contributed by atoms with Crippen LogP contribution in [-0.4, -0.2) is 53.2 Å². The van der Waals surface area contributed by atoms with E-state index in [0.717, 1.165) is 18.2 Å². The topological polar surface area (TPSA) is 96.6 Å². The number of aryl methyl sites for hydroxylation is 1. The van der Waals surface area contributed by atoms with E-state index in [1.54, 1.807) is 18.7 Å². The number of primary amides is 1. The van der Waals surface area contributed by atoms with Gasteiger partial charge in [0, 0.05) is 43.1 Å². The number of nitrogens with one attached hydrogen (secondary N) is 1. The predicted molar refractivity (Wildman–Crippen MR) is 130 cm³/mol. The maximum atomic E-state index is 14.8. The van der Waals surface area contributed by atoms with Crippen molar-refractivity contribution in [3.8, 4) is 5.75 Å². The largest absolute Gasteiger partial charge is 0.491 e. The first kappa shape index (κ1) is 24.0. The number of ether oxygens (including phenoxy) is 1. The van der Waals surface area contributed by atoms with Crippen molar-refractivity contribution in [1.82, 2.24) is 14.9 Å². The van der Waals surface area contributed by atoms with Crippen LogP contribution in [0.2, 0.25) is 0 Å². The highest BCUT2D eigenvalue weighted by atomic mass is 19.3. The molecule has 0 radical (unpaired) electrons. The number of halogens is 3. The van der Waals surface area contributed by atoms with E-state index in [-0.39, 0.29) is 11.6 Å². The molecule has 1 saturated heterocycles. The molecule has 8 nitrogen and oxygen atoms in total. The fraction of sp³-hybridized carbons (Fsp3) is 0.400. The van der Waals surface area contributed by atoms with Gasteiger partial charge in [0.2, 0.25) is 0 Å². The number of anilines is 2. The van der Waals surface area contributed by atoms with Crippen molar-refractivity contribution in [1.29, 1.82) is 0 Å². The molecule has 2 atom stereocenters. The highest BCUT2D eigenvalue weighted by Crippen LogP contribution is 2.40. The summed E-state index contributed by atoms with van der Waals surface area (Å²) >= 11 is 0. The lowest BCUT2D eigenvalue weighted by Gasteiger charge is -2.41. The third kappa shape index (κ3) is 4.33. The molecule has 2 aliphatic rings. The molecule has 3 aromatic rings. The van der Waals surface area contributed by atoms with Crippen molar-refractivity contribution in [2.45, 2.75) is 38.8 Å². The van der Waals surface area contributed by atoms with Crippen molar-refractivity contribution in [2.75, 3.05) is 36.5 Å². The lowest BCUT2D eigenvalue weighted by Crippen LogP contribution is -2.56. The monoisotopic (exact) mass is 500 g/mol. The lowest BCUT2D eigenvalue weighted by atomic mass is 10.0. The third-order valence-corrected chi connectivity index (χ3v) is 6.81. The van der Waals surface area contributed by atoms with Crippen molar-refractivity contribution >= 4 is 28.4 Å². The first-order valence-electron chi connectivity index (χ1n) is 11.8. The number of piperazine rings is 1. The van der Waals surface area contributed by atoms with Gasteiger partial charge in [0.15, 0.2) is 0 Å². The van der Waals surface area contributed by atoms with Gasteiger partial charge in [-0.05, 0) is 19.9 Å². The minimum atomic E-state index is -2.90. The Labute approximate surface area is 206 Å². The zero-order chi connectivity index (χ0) is 25.6. The zero-order valence-electron chi connectivity index (χ0n) is 20.0. The Morgan fingerprint density at radius 1 is 1.22 bits per heavy atom. The standard InChI is InChI=1S/C25H27F3N6O2/c1-13(16-4-3-5-17(22(16)26)23(27)28)30-24-18-10-20-21(11-19(18)31-14(2)32-24)36-9-6-15-12-33(25(29)35)7-8-34(15)20/h3-5,10-11,13,15,23H,6-9,12H2,1-2H3,(H2,29,35)(H,30,31,32)/t13-,15+/m1/s1. The van der Waals surface area contributed by atoms with Crippen LogP contribution in [0.15, 0.2) is 30.3 Å². The Morgan fingerprint density at radius 2 is 2.00 bits per heavy atom. The number of urea groups is 1. The molecule has 0 bridgehead atoms. The van der Waals surface area contributed by atoms with Crippen LogP contribution in [0, 0.1) is 12.7 Å². The molecule has 5 rings (SSSR count). The van der Waals surface area contributed by atoms with E-state index in [9.17, 15) is 18.0 Å². The number of hydrogen-bond donors (Lipinski definition) is 2. The molecule has 0 spiro atoms. The Kier molecular flexibility index (Phi) is 6.23. The Bertz CT molecular complexity index is 1320. The van der Waals surface area contributed by atoms with E-state index in [2.05, 4.69) is 20.2 Å². The molecule has 36 heavy (non-hydrogen) atoms. The van der Waals surface area contributed by atoms with E-state index in [1.165, 1.54) is 12.1 Å². The number of amides is 2. The first-order chi connectivity index (χ1) is 17.2. The second kappa shape index (κ2) is 9.36. The molecular weight excluding hydrogens is 473 g/mol. The summed E-state index contributed by atoms with van der Waals surface area (Å²) in [7, 11) is 0. The van der Waals surface area contributed by atoms with Crippen LogP contribution in [0.5, 0.6) is 5.75 Å². The fourth-order valence-corrected chi connectivity index (χ4v) is 4.99. The number of carbonyl (C=O) groups excluding carboxylic acids is 1. The van der Waals surface area contributed by atoms with Crippen molar-refractivity contribution < 1.29 is 22.7 Å². The maximum Gasteiger partial charge on any atom is 0.314 e. The summed E-state index contributed by atoms with van der Waals surface area (Å²) < 4.78 is 47.3. The molecule has 190 valence electrons. The summed E-state index contributed by atoms with van der Waals surface area (Å²) in [6.07, 6.45) is -2.18.